The number of hydrogen-bond acceptors (Lipinski definition) is 8. The van der Waals surface area contributed by atoms with Crippen molar-refractivity contribution in [3.63, 3.8) is 0 Å². The molecule has 2 atom stereocenters. The van der Waals surface area contributed by atoms with Crippen LogP contribution < -0.4 is 0 Å². The average Bonchev–Trinajstić information content (AvgIpc) is 3.25. The van der Waals surface area contributed by atoms with Crippen LogP contribution in [0.3, 0.4) is 0 Å². The molecule has 0 aliphatic carbocycles. The number of benzene rings is 1. The fraction of sp³-hybridized carbons (Fsp3) is 0.364. The minimum Gasteiger partial charge on any atom is -0.463 e. The monoisotopic (exact) mass is 474 g/mol. The molecule has 0 spiro atoms. The van der Waals surface area contributed by atoms with Gasteiger partial charge in [0.1, 0.15) is 29.6 Å². The van der Waals surface area contributed by atoms with E-state index in [9.17, 15) is 9.90 Å². The first kappa shape index (κ1) is 22.6. The third-order valence-corrected chi connectivity index (χ3v) is 6.81. The van der Waals surface area contributed by atoms with E-state index >= 15 is 0 Å². The molecule has 1 aliphatic rings. The summed E-state index contributed by atoms with van der Waals surface area (Å²) >= 11 is 7.74. The summed E-state index contributed by atoms with van der Waals surface area (Å²) in [5, 5.41) is 28.6. The van der Waals surface area contributed by atoms with Gasteiger partial charge in [0.05, 0.1) is 18.7 Å². The van der Waals surface area contributed by atoms with Crippen molar-refractivity contribution < 1.29 is 19.7 Å². The van der Waals surface area contributed by atoms with Gasteiger partial charge in [-0.25, -0.2) is 0 Å². The number of carbonyl (C=O) groups is 1. The van der Waals surface area contributed by atoms with Crippen LogP contribution in [-0.4, -0.2) is 56.0 Å². The maximum absolute atomic E-state index is 12.5. The van der Waals surface area contributed by atoms with Gasteiger partial charge in [0.25, 0.3) is 0 Å². The fourth-order valence-corrected chi connectivity index (χ4v) is 4.93. The minimum absolute atomic E-state index is 0.0830. The lowest BCUT2D eigenvalue weighted by molar-refractivity contribution is -0.147. The third kappa shape index (κ3) is 4.21. The number of hydrogen-bond donors (Lipinski definition) is 2. The van der Waals surface area contributed by atoms with Gasteiger partial charge in [-0.1, -0.05) is 23.7 Å². The number of fused-ring (bicyclic) bond motifs is 3. The zero-order valence-electron chi connectivity index (χ0n) is 17.9. The number of esters is 1. The molecular weight excluding hydrogens is 452 g/mol. The van der Waals surface area contributed by atoms with Crippen LogP contribution in [0, 0.1) is 20.8 Å². The van der Waals surface area contributed by atoms with Crippen LogP contribution in [0.4, 0.5) is 0 Å². The molecule has 32 heavy (non-hydrogen) atoms. The largest absolute Gasteiger partial charge is 0.463 e. The molecule has 2 aromatic heterocycles. The van der Waals surface area contributed by atoms with Gasteiger partial charge in [-0.15, -0.1) is 21.5 Å². The van der Waals surface area contributed by atoms with Crippen molar-refractivity contribution in [3.8, 4) is 5.00 Å². The number of carbonyl (C=O) groups excluding carboxylic acids is 1. The highest BCUT2D eigenvalue weighted by Crippen LogP contribution is 2.39. The topological polar surface area (TPSA) is 110 Å². The van der Waals surface area contributed by atoms with E-state index in [-0.39, 0.29) is 13.0 Å². The highest BCUT2D eigenvalue weighted by Gasteiger charge is 2.32. The molecular formula is C22H23ClN4O4S. The van der Waals surface area contributed by atoms with Gasteiger partial charge in [-0.3, -0.25) is 14.4 Å². The summed E-state index contributed by atoms with van der Waals surface area (Å²) in [5.74, 6) is 0.699. The first-order valence-corrected chi connectivity index (χ1v) is 11.3. The quantitative estimate of drug-likeness (QED) is 0.531. The molecule has 8 nitrogen and oxygen atoms in total. The molecule has 3 heterocycles. The molecule has 0 bridgehead atoms. The van der Waals surface area contributed by atoms with E-state index in [1.807, 2.05) is 35.8 Å². The van der Waals surface area contributed by atoms with E-state index in [4.69, 9.17) is 26.4 Å². The number of aromatic nitrogens is 3. The van der Waals surface area contributed by atoms with E-state index < -0.39 is 24.7 Å². The van der Waals surface area contributed by atoms with Gasteiger partial charge in [-0.2, -0.15) is 0 Å². The van der Waals surface area contributed by atoms with Gasteiger partial charge >= 0.3 is 5.97 Å². The predicted molar refractivity (Wildman–Crippen MR) is 122 cm³/mol. The van der Waals surface area contributed by atoms with Crippen molar-refractivity contribution in [2.75, 3.05) is 13.2 Å². The van der Waals surface area contributed by atoms with Crippen LogP contribution in [0.5, 0.6) is 0 Å². The Balaban J connectivity index is 1.83. The second-order valence-corrected chi connectivity index (χ2v) is 9.27. The lowest BCUT2D eigenvalue weighted by Crippen LogP contribution is -2.23. The van der Waals surface area contributed by atoms with Gasteiger partial charge in [0, 0.05) is 21.0 Å². The van der Waals surface area contributed by atoms with Gasteiger partial charge in [-0.05, 0) is 38.5 Å². The Morgan fingerprint density at radius 1 is 1.25 bits per heavy atom. The molecule has 1 aliphatic heterocycles. The SMILES string of the molecule is Cc1sc2c(c1C)C(c1ccc(Cl)cc1)=NC(CC(=O)OCC(O)CO)c1nnc(C)n1-2. The van der Waals surface area contributed by atoms with Gasteiger partial charge < -0.3 is 14.9 Å². The summed E-state index contributed by atoms with van der Waals surface area (Å²) in [5.41, 5.74) is 3.70. The summed E-state index contributed by atoms with van der Waals surface area (Å²) < 4.78 is 7.08. The molecule has 2 unspecified atom stereocenters. The van der Waals surface area contributed by atoms with Crippen LogP contribution in [0.2, 0.25) is 5.02 Å². The zero-order chi connectivity index (χ0) is 23.0. The normalized spacial score (nSPS) is 16.1. The van der Waals surface area contributed by atoms with E-state index in [1.54, 1.807) is 11.3 Å². The number of ether oxygens (including phenoxy) is 1. The Morgan fingerprint density at radius 2 is 1.97 bits per heavy atom. The highest BCUT2D eigenvalue weighted by atomic mass is 35.5. The van der Waals surface area contributed by atoms with E-state index in [2.05, 4.69) is 24.0 Å². The van der Waals surface area contributed by atoms with Crippen molar-refractivity contribution >= 4 is 34.6 Å². The Morgan fingerprint density at radius 3 is 2.66 bits per heavy atom. The van der Waals surface area contributed by atoms with Gasteiger partial charge in [0.15, 0.2) is 5.82 Å². The zero-order valence-corrected chi connectivity index (χ0v) is 19.4. The number of aliphatic hydroxyl groups is 2. The number of aliphatic hydroxyl groups excluding tert-OH is 2. The van der Waals surface area contributed by atoms with Crippen molar-refractivity contribution in [1.29, 1.82) is 0 Å². The van der Waals surface area contributed by atoms with Crippen LogP contribution >= 0.6 is 22.9 Å². The Bertz CT molecular complexity index is 1190. The minimum atomic E-state index is -1.12. The second-order valence-electron chi connectivity index (χ2n) is 7.63. The van der Waals surface area contributed by atoms with Crippen molar-refractivity contribution in [2.24, 2.45) is 4.99 Å². The van der Waals surface area contributed by atoms with Crippen LogP contribution in [0.1, 0.15) is 45.7 Å². The van der Waals surface area contributed by atoms with E-state index in [0.717, 1.165) is 32.3 Å². The molecule has 0 fully saturated rings. The lowest BCUT2D eigenvalue weighted by atomic mass is 9.99. The number of aliphatic imine (C=N–C) groups is 1. The van der Waals surface area contributed by atoms with E-state index in [0.29, 0.717) is 16.7 Å². The molecule has 1 aromatic carbocycles. The molecule has 0 radical (unpaired) electrons. The molecule has 2 N–H and O–H groups in total. The summed E-state index contributed by atoms with van der Waals surface area (Å²) in [6.07, 6.45) is -1.20. The standard InChI is InChI=1S/C22H23ClN4O4S/c1-11-12(2)32-22-19(11)20(14-4-6-15(23)7-5-14)24-17(21-26-25-13(3)27(21)22)8-18(30)31-10-16(29)9-28/h4-7,16-17,28-29H,8-10H2,1-3H3. The Kier molecular flexibility index (Phi) is 6.43. The number of thiophene rings is 1. The number of nitrogens with zero attached hydrogens (tertiary/aromatic N) is 4. The Hall–Kier alpha value is -2.59. The van der Waals surface area contributed by atoms with Crippen LogP contribution in [-0.2, 0) is 9.53 Å². The van der Waals surface area contributed by atoms with Crippen LogP contribution in [0.25, 0.3) is 5.00 Å². The molecule has 0 saturated carbocycles. The molecule has 0 amide bonds. The predicted octanol–water partition coefficient (Wildman–Crippen LogP) is 3.09. The highest BCUT2D eigenvalue weighted by molar-refractivity contribution is 7.15. The second kappa shape index (κ2) is 9.11. The fourth-order valence-electron chi connectivity index (χ4n) is 3.59. The van der Waals surface area contributed by atoms with Crippen molar-refractivity contribution in [2.45, 2.75) is 39.3 Å². The summed E-state index contributed by atoms with van der Waals surface area (Å²) in [6.45, 7) is 5.22. The molecule has 0 saturated heterocycles. The molecule has 10 heteroatoms. The maximum atomic E-state index is 12.5. The third-order valence-electron chi connectivity index (χ3n) is 5.36. The van der Waals surface area contributed by atoms with E-state index in [1.165, 1.54) is 0 Å². The number of halogens is 1. The lowest BCUT2D eigenvalue weighted by Gasteiger charge is -2.13. The smallest absolute Gasteiger partial charge is 0.308 e. The summed E-state index contributed by atoms with van der Waals surface area (Å²) in [6, 6.07) is 6.79. The first-order chi connectivity index (χ1) is 15.3. The van der Waals surface area contributed by atoms with Crippen LogP contribution in [0.15, 0.2) is 29.3 Å². The summed E-state index contributed by atoms with van der Waals surface area (Å²) in [4.78, 5) is 18.7. The van der Waals surface area contributed by atoms with Crippen molar-refractivity contribution in [1.82, 2.24) is 14.8 Å². The maximum Gasteiger partial charge on any atom is 0.308 e. The van der Waals surface area contributed by atoms with Gasteiger partial charge in [0.2, 0.25) is 0 Å². The molecule has 168 valence electrons. The van der Waals surface area contributed by atoms with Crippen molar-refractivity contribution in [3.05, 3.63) is 62.5 Å². The molecule has 4 rings (SSSR count). The Labute approximate surface area is 194 Å². The summed E-state index contributed by atoms with van der Waals surface area (Å²) in [7, 11) is 0. The molecule has 3 aromatic rings. The average molecular weight is 475 g/mol. The first-order valence-electron chi connectivity index (χ1n) is 10.1. The number of aryl methyl sites for hydroxylation is 2. The number of rotatable bonds is 6.